The molecule has 0 saturated carbocycles. The molecule has 1 aromatic carbocycles. The third-order valence-electron chi connectivity index (χ3n) is 3.17. The Labute approximate surface area is 110 Å². The van der Waals surface area contributed by atoms with Gasteiger partial charge in [0.1, 0.15) is 0 Å². The SMILES string of the molecule is CC(C)CC(c1ccc(S(N)(=O)=O)cc1)C(C)C. The van der Waals surface area contributed by atoms with Crippen molar-refractivity contribution in [3.05, 3.63) is 29.8 Å². The third-order valence-corrected chi connectivity index (χ3v) is 4.10. The molecule has 0 aliphatic rings. The number of nitrogens with two attached hydrogens (primary N) is 1. The number of rotatable bonds is 5. The number of primary sulfonamides is 1. The summed E-state index contributed by atoms with van der Waals surface area (Å²) in [5.74, 6) is 1.61. The second-order valence-corrected chi connectivity index (χ2v) is 7.16. The number of hydrogen-bond donors (Lipinski definition) is 1. The molecule has 1 atom stereocenters. The van der Waals surface area contributed by atoms with Gasteiger partial charge >= 0.3 is 0 Å². The van der Waals surface area contributed by atoms with Gasteiger partial charge in [-0.2, -0.15) is 0 Å². The molecule has 0 fully saturated rings. The highest BCUT2D eigenvalue weighted by atomic mass is 32.2. The Morgan fingerprint density at radius 1 is 1.06 bits per heavy atom. The number of benzene rings is 1. The summed E-state index contributed by atoms with van der Waals surface area (Å²) in [6, 6.07) is 6.96. The van der Waals surface area contributed by atoms with E-state index in [2.05, 4.69) is 27.7 Å². The van der Waals surface area contributed by atoms with Crippen LogP contribution < -0.4 is 5.14 Å². The van der Waals surface area contributed by atoms with Crippen molar-refractivity contribution in [2.45, 2.75) is 44.9 Å². The van der Waals surface area contributed by atoms with Gasteiger partial charge in [0.15, 0.2) is 0 Å². The van der Waals surface area contributed by atoms with Crippen molar-refractivity contribution in [2.24, 2.45) is 17.0 Å². The van der Waals surface area contributed by atoms with Crippen molar-refractivity contribution >= 4 is 10.0 Å². The van der Waals surface area contributed by atoms with E-state index in [1.54, 1.807) is 12.1 Å². The zero-order chi connectivity index (χ0) is 13.9. The standard InChI is InChI=1S/C14H23NO2S/c1-10(2)9-14(11(3)4)12-5-7-13(8-6-12)18(15,16)17/h5-8,10-11,14H,9H2,1-4H3,(H2,15,16,17). The minimum absolute atomic E-state index is 0.179. The van der Waals surface area contributed by atoms with Crippen LogP contribution in [0.1, 0.15) is 45.6 Å². The molecule has 0 heterocycles. The van der Waals surface area contributed by atoms with E-state index >= 15 is 0 Å². The van der Waals surface area contributed by atoms with Crippen LogP contribution in [0.2, 0.25) is 0 Å². The van der Waals surface area contributed by atoms with Gasteiger partial charge in [0.2, 0.25) is 10.0 Å². The number of hydrogen-bond acceptors (Lipinski definition) is 2. The molecule has 1 unspecified atom stereocenters. The van der Waals surface area contributed by atoms with Crippen molar-refractivity contribution in [1.29, 1.82) is 0 Å². The van der Waals surface area contributed by atoms with Gasteiger partial charge in [-0.1, -0.05) is 39.8 Å². The van der Waals surface area contributed by atoms with E-state index in [0.29, 0.717) is 17.8 Å². The molecule has 2 N–H and O–H groups in total. The fourth-order valence-electron chi connectivity index (χ4n) is 2.21. The van der Waals surface area contributed by atoms with Crippen molar-refractivity contribution in [3.8, 4) is 0 Å². The summed E-state index contributed by atoms with van der Waals surface area (Å²) in [4.78, 5) is 0.179. The Kier molecular flexibility index (Phi) is 4.93. The second kappa shape index (κ2) is 5.85. The summed E-state index contributed by atoms with van der Waals surface area (Å²) in [5, 5.41) is 5.10. The smallest absolute Gasteiger partial charge is 0.225 e. The van der Waals surface area contributed by atoms with Gasteiger partial charge in [0.25, 0.3) is 0 Å². The average Bonchev–Trinajstić information content (AvgIpc) is 2.24. The van der Waals surface area contributed by atoms with Gasteiger partial charge in [-0.05, 0) is 41.9 Å². The minimum Gasteiger partial charge on any atom is -0.225 e. The highest BCUT2D eigenvalue weighted by molar-refractivity contribution is 7.89. The average molecular weight is 269 g/mol. The molecule has 0 aliphatic carbocycles. The van der Waals surface area contributed by atoms with Crippen molar-refractivity contribution in [3.63, 3.8) is 0 Å². The van der Waals surface area contributed by atoms with E-state index in [0.717, 1.165) is 6.42 Å². The van der Waals surface area contributed by atoms with Crippen LogP contribution in [0.4, 0.5) is 0 Å². The Hall–Kier alpha value is -0.870. The van der Waals surface area contributed by atoms with Crippen LogP contribution in [0.15, 0.2) is 29.2 Å². The van der Waals surface area contributed by atoms with Gasteiger partial charge in [-0.15, -0.1) is 0 Å². The van der Waals surface area contributed by atoms with E-state index < -0.39 is 10.0 Å². The molecule has 0 aromatic heterocycles. The first-order chi connectivity index (χ1) is 8.21. The van der Waals surface area contributed by atoms with Crippen LogP contribution in [-0.4, -0.2) is 8.42 Å². The Balaban J connectivity index is 3.01. The highest BCUT2D eigenvalue weighted by Crippen LogP contribution is 2.31. The lowest BCUT2D eigenvalue weighted by Crippen LogP contribution is -2.13. The van der Waals surface area contributed by atoms with Crippen LogP contribution in [-0.2, 0) is 10.0 Å². The maximum atomic E-state index is 11.2. The monoisotopic (exact) mass is 269 g/mol. The predicted octanol–water partition coefficient (Wildman–Crippen LogP) is 3.12. The fourth-order valence-corrected chi connectivity index (χ4v) is 2.72. The predicted molar refractivity (Wildman–Crippen MR) is 74.8 cm³/mol. The van der Waals surface area contributed by atoms with Crippen molar-refractivity contribution in [1.82, 2.24) is 0 Å². The molecule has 0 spiro atoms. The van der Waals surface area contributed by atoms with E-state index in [1.165, 1.54) is 5.56 Å². The Morgan fingerprint density at radius 3 is 1.89 bits per heavy atom. The topological polar surface area (TPSA) is 60.2 Å². The summed E-state index contributed by atoms with van der Waals surface area (Å²) >= 11 is 0. The quantitative estimate of drug-likeness (QED) is 0.892. The lowest BCUT2D eigenvalue weighted by atomic mass is 9.82. The highest BCUT2D eigenvalue weighted by Gasteiger charge is 2.18. The normalized spacial score (nSPS) is 14.2. The largest absolute Gasteiger partial charge is 0.238 e. The van der Waals surface area contributed by atoms with Gasteiger partial charge in [-0.3, -0.25) is 0 Å². The molecule has 0 aliphatic heterocycles. The molecule has 1 rings (SSSR count). The molecule has 1 aromatic rings. The fraction of sp³-hybridized carbons (Fsp3) is 0.571. The maximum absolute atomic E-state index is 11.2. The number of sulfonamides is 1. The first kappa shape index (κ1) is 15.2. The summed E-state index contributed by atoms with van der Waals surface area (Å²) in [5.41, 5.74) is 1.19. The molecule has 0 radical (unpaired) electrons. The van der Waals surface area contributed by atoms with Crippen LogP contribution in [0, 0.1) is 11.8 Å². The van der Waals surface area contributed by atoms with Gasteiger partial charge < -0.3 is 0 Å². The molecular weight excluding hydrogens is 246 g/mol. The lowest BCUT2D eigenvalue weighted by molar-refractivity contribution is 0.408. The van der Waals surface area contributed by atoms with Gasteiger partial charge in [-0.25, -0.2) is 13.6 Å². The molecule has 0 saturated heterocycles. The summed E-state index contributed by atoms with van der Waals surface area (Å²) < 4.78 is 22.4. The van der Waals surface area contributed by atoms with Crippen molar-refractivity contribution in [2.75, 3.05) is 0 Å². The van der Waals surface area contributed by atoms with Crippen LogP contribution >= 0.6 is 0 Å². The van der Waals surface area contributed by atoms with Gasteiger partial charge in [0.05, 0.1) is 4.90 Å². The van der Waals surface area contributed by atoms with Gasteiger partial charge in [0, 0.05) is 0 Å². The molecule has 102 valence electrons. The first-order valence-corrected chi connectivity index (χ1v) is 7.89. The zero-order valence-electron chi connectivity index (χ0n) is 11.6. The molecule has 3 nitrogen and oxygen atoms in total. The van der Waals surface area contributed by atoms with Crippen LogP contribution in [0.25, 0.3) is 0 Å². The first-order valence-electron chi connectivity index (χ1n) is 6.34. The Morgan fingerprint density at radius 2 is 1.56 bits per heavy atom. The second-order valence-electron chi connectivity index (χ2n) is 5.59. The molecule has 4 heteroatoms. The van der Waals surface area contributed by atoms with Crippen LogP contribution in [0.3, 0.4) is 0 Å². The molecule has 18 heavy (non-hydrogen) atoms. The maximum Gasteiger partial charge on any atom is 0.238 e. The van der Waals surface area contributed by atoms with E-state index in [9.17, 15) is 8.42 Å². The van der Waals surface area contributed by atoms with E-state index in [1.807, 2.05) is 12.1 Å². The zero-order valence-corrected chi connectivity index (χ0v) is 12.4. The van der Waals surface area contributed by atoms with Crippen molar-refractivity contribution < 1.29 is 8.42 Å². The summed E-state index contributed by atoms with van der Waals surface area (Å²) in [7, 11) is -3.59. The third kappa shape index (κ3) is 4.10. The van der Waals surface area contributed by atoms with E-state index in [4.69, 9.17) is 5.14 Å². The summed E-state index contributed by atoms with van der Waals surface area (Å²) in [6.07, 6.45) is 1.10. The lowest BCUT2D eigenvalue weighted by Gasteiger charge is -2.23. The van der Waals surface area contributed by atoms with Crippen LogP contribution in [0.5, 0.6) is 0 Å². The Bertz CT molecular complexity index is 475. The van der Waals surface area contributed by atoms with E-state index in [-0.39, 0.29) is 4.90 Å². The molecule has 0 amide bonds. The minimum atomic E-state index is -3.59. The molecular formula is C14H23NO2S. The summed E-state index contributed by atoms with van der Waals surface area (Å²) in [6.45, 7) is 8.80. The molecule has 0 bridgehead atoms.